The van der Waals surface area contributed by atoms with E-state index < -0.39 is 0 Å². The van der Waals surface area contributed by atoms with Gasteiger partial charge in [-0.1, -0.05) is 23.8 Å². The minimum atomic E-state index is -0.119. The van der Waals surface area contributed by atoms with Gasteiger partial charge in [-0.2, -0.15) is 0 Å². The van der Waals surface area contributed by atoms with Crippen molar-refractivity contribution in [1.82, 2.24) is 0 Å². The molecule has 0 aromatic heterocycles. The maximum absolute atomic E-state index is 12.1. The molecule has 0 atom stereocenters. The van der Waals surface area contributed by atoms with Crippen LogP contribution in [0.5, 0.6) is 5.75 Å². The number of amides is 1. The van der Waals surface area contributed by atoms with Gasteiger partial charge in [0.05, 0.1) is 6.10 Å². The fraction of sp³-hybridized carbons (Fsp3) is 0.235. The van der Waals surface area contributed by atoms with Crippen molar-refractivity contribution >= 4 is 11.6 Å². The second-order valence-corrected chi connectivity index (χ2v) is 5.01. The van der Waals surface area contributed by atoms with Crippen molar-refractivity contribution in [1.29, 1.82) is 0 Å². The van der Waals surface area contributed by atoms with Crippen LogP contribution in [0.15, 0.2) is 48.5 Å². The number of rotatable bonds is 4. The zero-order chi connectivity index (χ0) is 14.5. The van der Waals surface area contributed by atoms with E-state index in [1.807, 2.05) is 69.3 Å². The molecule has 0 heterocycles. The van der Waals surface area contributed by atoms with Crippen LogP contribution in [0.3, 0.4) is 0 Å². The molecule has 3 nitrogen and oxygen atoms in total. The van der Waals surface area contributed by atoms with Crippen LogP contribution in [0.4, 0.5) is 5.69 Å². The van der Waals surface area contributed by atoms with E-state index in [1.54, 1.807) is 0 Å². The minimum absolute atomic E-state index is 0.109. The van der Waals surface area contributed by atoms with E-state index in [0.29, 0.717) is 5.56 Å². The fourth-order valence-corrected chi connectivity index (χ4v) is 1.83. The summed E-state index contributed by atoms with van der Waals surface area (Å²) in [4.78, 5) is 12.1. The van der Waals surface area contributed by atoms with Gasteiger partial charge in [0.25, 0.3) is 5.91 Å². The third-order valence-electron chi connectivity index (χ3n) is 2.78. The third-order valence-corrected chi connectivity index (χ3v) is 2.78. The number of carbonyl (C=O) groups is 1. The van der Waals surface area contributed by atoms with Gasteiger partial charge in [0.2, 0.25) is 0 Å². The molecule has 0 aliphatic carbocycles. The summed E-state index contributed by atoms with van der Waals surface area (Å²) in [5.41, 5.74) is 2.51. The number of carbonyl (C=O) groups excluding carboxylic acids is 1. The van der Waals surface area contributed by atoms with Gasteiger partial charge < -0.3 is 10.1 Å². The fourth-order valence-electron chi connectivity index (χ4n) is 1.83. The van der Waals surface area contributed by atoms with Crippen molar-refractivity contribution in [2.24, 2.45) is 0 Å². The molecule has 0 saturated carbocycles. The van der Waals surface area contributed by atoms with Crippen molar-refractivity contribution in [2.75, 3.05) is 5.32 Å². The van der Waals surface area contributed by atoms with Gasteiger partial charge in [-0.05, 0) is 45.0 Å². The lowest BCUT2D eigenvalue weighted by Crippen LogP contribution is -2.12. The number of hydrogen-bond donors (Lipinski definition) is 1. The second kappa shape index (κ2) is 6.24. The van der Waals surface area contributed by atoms with Gasteiger partial charge in [0.1, 0.15) is 5.75 Å². The van der Waals surface area contributed by atoms with Crippen LogP contribution in [0.1, 0.15) is 29.8 Å². The molecule has 0 fully saturated rings. The Morgan fingerprint density at radius 2 is 1.80 bits per heavy atom. The van der Waals surface area contributed by atoms with Crippen molar-refractivity contribution in [3.05, 3.63) is 59.7 Å². The number of benzene rings is 2. The van der Waals surface area contributed by atoms with E-state index in [4.69, 9.17) is 4.74 Å². The van der Waals surface area contributed by atoms with Crippen LogP contribution >= 0.6 is 0 Å². The highest BCUT2D eigenvalue weighted by atomic mass is 16.5. The number of anilines is 1. The molecule has 3 heteroatoms. The molecule has 0 aliphatic rings. The third kappa shape index (κ3) is 3.85. The highest BCUT2D eigenvalue weighted by Crippen LogP contribution is 2.19. The highest BCUT2D eigenvalue weighted by molar-refractivity contribution is 6.04. The summed E-state index contributed by atoms with van der Waals surface area (Å²) in [5.74, 6) is 0.633. The van der Waals surface area contributed by atoms with Gasteiger partial charge >= 0.3 is 0 Å². The first kappa shape index (κ1) is 14.1. The normalized spacial score (nSPS) is 10.4. The van der Waals surface area contributed by atoms with Gasteiger partial charge in [0.15, 0.2) is 0 Å². The molecular weight excluding hydrogens is 250 g/mol. The lowest BCUT2D eigenvalue weighted by atomic mass is 10.1. The zero-order valence-electron chi connectivity index (χ0n) is 12.0. The number of hydrogen-bond acceptors (Lipinski definition) is 2. The lowest BCUT2D eigenvalue weighted by molar-refractivity contribution is 0.102. The molecule has 20 heavy (non-hydrogen) atoms. The smallest absolute Gasteiger partial charge is 0.255 e. The van der Waals surface area contributed by atoms with E-state index in [-0.39, 0.29) is 12.0 Å². The van der Waals surface area contributed by atoms with Crippen molar-refractivity contribution in [2.45, 2.75) is 26.9 Å². The predicted molar refractivity (Wildman–Crippen MR) is 81.3 cm³/mol. The maximum atomic E-state index is 12.1. The monoisotopic (exact) mass is 269 g/mol. The van der Waals surface area contributed by atoms with E-state index in [2.05, 4.69) is 5.32 Å². The summed E-state index contributed by atoms with van der Waals surface area (Å²) in [6.07, 6.45) is 0.109. The Balaban J connectivity index is 2.09. The summed E-state index contributed by atoms with van der Waals surface area (Å²) in [6, 6.07) is 14.9. The Bertz CT molecular complexity index is 588. The first-order chi connectivity index (χ1) is 9.54. The molecular formula is C17H19NO2. The zero-order valence-corrected chi connectivity index (χ0v) is 12.0. The van der Waals surface area contributed by atoms with Crippen LogP contribution in [0.25, 0.3) is 0 Å². The molecule has 0 spiro atoms. The van der Waals surface area contributed by atoms with Crippen LogP contribution < -0.4 is 10.1 Å². The maximum Gasteiger partial charge on any atom is 0.255 e. The summed E-state index contributed by atoms with van der Waals surface area (Å²) in [6.45, 7) is 5.93. The molecule has 0 radical (unpaired) electrons. The van der Waals surface area contributed by atoms with E-state index in [1.165, 1.54) is 0 Å². The molecule has 0 unspecified atom stereocenters. The Labute approximate surface area is 119 Å². The topological polar surface area (TPSA) is 38.3 Å². The standard InChI is InChI=1S/C17H19NO2/c1-12(2)20-16-6-4-5-15(11-16)18-17(19)14-9-7-13(3)8-10-14/h4-12H,1-3H3,(H,18,19). The quantitative estimate of drug-likeness (QED) is 0.909. The van der Waals surface area contributed by atoms with Crippen LogP contribution in [-0.4, -0.2) is 12.0 Å². The Morgan fingerprint density at radius 3 is 2.45 bits per heavy atom. The molecule has 1 N–H and O–H groups in total. The van der Waals surface area contributed by atoms with Crippen molar-refractivity contribution < 1.29 is 9.53 Å². The number of aryl methyl sites for hydroxylation is 1. The summed E-state index contributed by atoms with van der Waals surface area (Å²) < 4.78 is 5.61. The molecule has 2 rings (SSSR count). The highest BCUT2D eigenvalue weighted by Gasteiger charge is 2.06. The van der Waals surface area contributed by atoms with Gasteiger partial charge in [-0.25, -0.2) is 0 Å². The molecule has 0 aliphatic heterocycles. The average molecular weight is 269 g/mol. The van der Waals surface area contributed by atoms with Gasteiger partial charge in [-0.15, -0.1) is 0 Å². The average Bonchev–Trinajstić information content (AvgIpc) is 2.39. The van der Waals surface area contributed by atoms with E-state index in [0.717, 1.165) is 17.0 Å². The SMILES string of the molecule is Cc1ccc(C(=O)Nc2cccc(OC(C)C)c2)cc1. The molecule has 0 bridgehead atoms. The molecule has 2 aromatic rings. The van der Waals surface area contributed by atoms with Crippen LogP contribution in [0.2, 0.25) is 0 Å². The predicted octanol–water partition coefficient (Wildman–Crippen LogP) is 4.03. The van der Waals surface area contributed by atoms with Gasteiger partial charge in [-0.3, -0.25) is 4.79 Å². The Hall–Kier alpha value is -2.29. The number of nitrogens with one attached hydrogen (secondary N) is 1. The first-order valence-electron chi connectivity index (χ1n) is 6.69. The molecule has 0 saturated heterocycles. The van der Waals surface area contributed by atoms with Crippen molar-refractivity contribution in [3.8, 4) is 5.75 Å². The minimum Gasteiger partial charge on any atom is -0.491 e. The summed E-state index contributed by atoms with van der Waals surface area (Å²) >= 11 is 0. The Morgan fingerprint density at radius 1 is 1.10 bits per heavy atom. The summed E-state index contributed by atoms with van der Waals surface area (Å²) in [7, 11) is 0. The lowest BCUT2D eigenvalue weighted by Gasteiger charge is -2.11. The van der Waals surface area contributed by atoms with Crippen LogP contribution in [-0.2, 0) is 0 Å². The first-order valence-corrected chi connectivity index (χ1v) is 6.69. The van der Waals surface area contributed by atoms with Gasteiger partial charge in [0, 0.05) is 17.3 Å². The molecule has 2 aromatic carbocycles. The van der Waals surface area contributed by atoms with E-state index >= 15 is 0 Å². The molecule has 104 valence electrons. The largest absolute Gasteiger partial charge is 0.491 e. The van der Waals surface area contributed by atoms with Crippen molar-refractivity contribution in [3.63, 3.8) is 0 Å². The molecule has 1 amide bonds. The summed E-state index contributed by atoms with van der Waals surface area (Å²) in [5, 5.41) is 2.87. The van der Waals surface area contributed by atoms with Crippen LogP contribution in [0, 0.1) is 6.92 Å². The second-order valence-electron chi connectivity index (χ2n) is 5.01. The Kier molecular flexibility index (Phi) is 4.41. The number of ether oxygens (including phenoxy) is 1. The van der Waals surface area contributed by atoms with E-state index in [9.17, 15) is 4.79 Å².